The quantitative estimate of drug-likeness (QED) is 0.375. The monoisotopic (exact) mass is 517 g/mol. The maximum atomic E-state index is 14.0. The number of nitrogens with zero attached hydrogens (tertiary/aromatic N) is 2. The van der Waals surface area contributed by atoms with Gasteiger partial charge in [0, 0.05) is 4.88 Å². The van der Waals surface area contributed by atoms with Crippen LogP contribution in [0.1, 0.15) is 67.0 Å². The summed E-state index contributed by atoms with van der Waals surface area (Å²) in [6.45, 7) is 7.75. The highest BCUT2D eigenvalue weighted by Crippen LogP contribution is 2.49. The molecule has 4 nitrogen and oxygen atoms in total. The largest absolute Gasteiger partial charge is 0.387 e. The van der Waals surface area contributed by atoms with Gasteiger partial charge in [0.1, 0.15) is 11.4 Å². The van der Waals surface area contributed by atoms with Crippen molar-refractivity contribution in [2.45, 2.75) is 56.4 Å². The van der Waals surface area contributed by atoms with E-state index in [1.165, 1.54) is 5.56 Å². The van der Waals surface area contributed by atoms with Gasteiger partial charge >= 0.3 is 0 Å². The summed E-state index contributed by atoms with van der Waals surface area (Å²) in [4.78, 5) is 20.0. The Morgan fingerprint density at radius 2 is 1.95 bits per heavy atom. The van der Waals surface area contributed by atoms with Crippen molar-refractivity contribution < 1.29 is 4.79 Å². The second-order valence-corrected chi connectivity index (χ2v) is 11.3. The van der Waals surface area contributed by atoms with Crippen molar-refractivity contribution in [2.75, 3.05) is 0 Å². The van der Waals surface area contributed by atoms with Crippen molar-refractivity contribution in [3.63, 3.8) is 0 Å². The van der Waals surface area contributed by atoms with Gasteiger partial charge < -0.3 is 5.73 Å². The molecule has 38 heavy (non-hydrogen) atoms. The third-order valence-electron chi connectivity index (χ3n) is 8.16. The van der Waals surface area contributed by atoms with Crippen molar-refractivity contribution >= 4 is 23.0 Å². The zero-order chi connectivity index (χ0) is 26.9. The molecule has 2 heterocycles. The Hall–Kier alpha value is -3.93. The number of nitriles is 1. The van der Waals surface area contributed by atoms with E-state index in [4.69, 9.17) is 10.7 Å². The second kappa shape index (κ2) is 10.1. The van der Waals surface area contributed by atoms with Gasteiger partial charge in [0.25, 0.3) is 0 Å². The van der Waals surface area contributed by atoms with Crippen LogP contribution in [0, 0.1) is 29.1 Å². The molecule has 0 spiro atoms. The average Bonchev–Trinajstić information content (AvgIpc) is 3.40. The number of hydrogen-bond donors (Lipinski definition) is 1. The Labute approximate surface area is 228 Å². The molecule has 0 unspecified atom stereocenters. The Morgan fingerprint density at radius 1 is 1.18 bits per heavy atom. The minimum absolute atomic E-state index is 0.112. The van der Waals surface area contributed by atoms with E-state index in [9.17, 15) is 10.1 Å². The van der Waals surface area contributed by atoms with Gasteiger partial charge in [-0.15, -0.1) is 11.3 Å². The molecule has 3 aromatic rings. The maximum Gasteiger partial charge on any atom is 0.153 e. The molecule has 2 aliphatic rings. The van der Waals surface area contributed by atoms with E-state index in [1.807, 2.05) is 32.0 Å². The molecule has 1 aliphatic heterocycles. The fourth-order valence-electron chi connectivity index (χ4n) is 5.85. The van der Waals surface area contributed by atoms with Gasteiger partial charge in [0.2, 0.25) is 0 Å². The molecule has 0 bridgehead atoms. The highest BCUT2D eigenvalue weighted by atomic mass is 32.1. The van der Waals surface area contributed by atoms with Crippen LogP contribution < -0.4 is 5.73 Å². The molecule has 1 fully saturated rings. The summed E-state index contributed by atoms with van der Waals surface area (Å²) in [6, 6.07) is 20.3. The maximum absolute atomic E-state index is 14.0. The van der Waals surface area contributed by atoms with Gasteiger partial charge in [0.05, 0.1) is 28.9 Å². The standard InChI is InChI=1S/C33H31N3OS/c1-4-6-15-33(16-8-17-33)26-13-11-23(12-14-26)29-30(37)27(5-2)31(35)36-32(29,3)28-19-25(21-38-28)24-10-7-9-22(18-24)20-34/h4,7,9-14,18-19,21,27,29H,1,5,8,16-17H2,2-3H3,(H2,35,36)/t27-,29+,32+/m0/s1. The third kappa shape index (κ3) is 4.28. The number of Topliss-reactive ketones (excluding diaryl/α,β-unsaturated/α-hetero) is 1. The smallest absolute Gasteiger partial charge is 0.153 e. The molecule has 3 atom stereocenters. The van der Waals surface area contributed by atoms with Crippen molar-refractivity contribution in [1.82, 2.24) is 0 Å². The predicted octanol–water partition coefficient (Wildman–Crippen LogP) is 6.86. The summed E-state index contributed by atoms with van der Waals surface area (Å²) in [5.41, 5.74) is 10.2. The number of benzene rings is 2. The average molecular weight is 518 g/mol. The highest BCUT2D eigenvalue weighted by Gasteiger charge is 2.49. The first-order valence-corrected chi connectivity index (χ1v) is 14.0. The lowest BCUT2D eigenvalue weighted by Gasteiger charge is -2.40. The number of nitrogens with two attached hydrogens (primary N) is 1. The van der Waals surface area contributed by atoms with Crippen LogP contribution in [0.3, 0.4) is 0 Å². The minimum Gasteiger partial charge on any atom is -0.387 e. The van der Waals surface area contributed by atoms with Crippen LogP contribution in [-0.4, -0.2) is 11.6 Å². The molecular weight excluding hydrogens is 486 g/mol. The van der Waals surface area contributed by atoms with Crippen LogP contribution in [0.2, 0.25) is 0 Å². The Balaban J connectivity index is 1.57. The molecule has 1 saturated carbocycles. The topological polar surface area (TPSA) is 79.2 Å². The minimum atomic E-state index is -0.832. The summed E-state index contributed by atoms with van der Waals surface area (Å²) in [5.74, 6) is 6.14. The molecule has 5 rings (SSSR count). The second-order valence-electron chi connectivity index (χ2n) is 10.4. The summed E-state index contributed by atoms with van der Waals surface area (Å²) in [6.07, 6.45) is 5.51. The van der Waals surface area contributed by atoms with Crippen LogP contribution in [0.5, 0.6) is 0 Å². The SMILES string of the molecule is C=CC#CC1(c2ccc([C@@H]3C(=O)[C@H](CC)C(N)=N[C@]3(C)c3cc(-c4cccc(C#N)c4)cs3)cc2)CCC1. The van der Waals surface area contributed by atoms with E-state index < -0.39 is 17.4 Å². The van der Waals surface area contributed by atoms with Crippen LogP contribution in [0.4, 0.5) is 0 Å². The van der Waals surface area contributed by atoms with Crippen molar-refractivity contribution in [1.29, 1.82) is 5.26 Å². The van der Waals surface area contributed by atoms with Crippen molar-refractivity contribution in [2.24, 2.45) is 16.6 Å². The molecule has 0 saturated heterocycles. The molecule has 190 valence electrons. The first kappa shape index (κ1) is 25.7. The van der Waals surface area contributed by atoms with Crippen LogP contribution in [0.15, 0.2) is 77.6 Å². The zero-order valence-corrected chi connectivity index (χ0v) is 22.6. The molecule has 0 amide bonds. The van der Waals surface area contributed by atoms with E-state index in [1.54, 1.807) is 23.5 Å². The summed E-state index contributed by atoms with van der Waals surface area (Å²) in [7, 11) is 0. The molecule has 5 heteroatoms. The van der Waals surface area contributed by atoms with E-state index in [0.29, 0.717) is 17.8 Å². The summed E-state index contributed by atoms with van der Waals surface area (Å²) < 4.78 is 0. The van der Waals surface area contributed by atoms with E-state index in [-0.39, 0.29) is 11.2 Å². The lowest BCUT2D eigenvalue weighted by molar-refractivity contribution is -0.124. The molecule has 1 aliphatic carbocycles. The third-order valence-corrected chi connectivity index (χ3v) is 9.31. The van der Waals surface area contributed by atoms with Gasteiger partial charge in [-0.05, 0) is 84.5 Å². The number of ketones is 1. The van der Waals surface area contributed by atoms with E-state index in [2.05, 4.69) is 60.2 Å². The highest BCUT2D eigenvalue weighted by molar-refractivity contribution is 7.10. The van der Waals surface area contributed by atoms with Crippen LogP contribution >= 0.6 is 11.3 Å². The normalized spacial score (nSPS) is 23.8. The fraction of sp³-hybridized carbons (Fsp3) is 0.303. The molecule has 1 aromatic heterocycles. The van der Waals surface area contributed by atoms with Crippen molar-refractivity contribution in [3.8, 4) is 29.0 Å². The number of carbonyl (C=O) groups excluding carboxylic acids is 1. The van der Waals surface area contributed by atoms with Gasteiger partial charge in [-0.1, -0.05) is 61.7 Å². The number of thiophene rings is 1. The molecule has 0 radical (unpaired) electrons. The van der Waals surface area contributed by atoms with Gasteiger partial charge in [-0.3, -0.25) is 9.79 Å². The summed E-state index contributed by atoms with van der Waals surface area (Å²) >= 11 is 1.58. The first-order valence-electron chi connectivity index (χ1n) is 13.1. The number of allylic oxidation sites excluding steroid dienone is 1. The van der Waals surface area contributed by atoms with Gasteiger partial charge in [0.15, 0.2) is 5.78 Å². The van der Waals surface area contributed by atoms with Gasteiger partial charge in [-0.2, -0.15) is 5.26 Å². The molecule has 2 N–H and O–H groups in total. The summed E-state index contributed by atoms with van der Waals surface area (Å²) in [5, 5.41) is 11.4. The zero-order valence-electron chi connectivity index (χ0n) is 21.8. The lowest BCUT2D eigenvalue weighted by atomic mass is 9.64. The Kier molecular flexibility index (Phi) is 6.82. The fourth-order valence-corrected chi connectivity index (χ4v) is 6.91. The van der Waals surface area contributed by atoms with Crippen LogP contribution in [0.25, 0.3) is 11.1 Å². The Bertz CT molecular complexity index is 1520. The van der Waals surface area contributed by atoms with E-state index >= 15 is 0 Å². The predicted molar refractivity (Wildman–Crippen MR) is 155 cm³/mol. The Morgan fingerprint density at radius 3 is 2.58 bits per heavy atom. The van der Waals surface area contributed by atoms with Crippen LogP contribution in [-0.2, 0) is 15.7 Å². The number of carbonyl (C=O) groups is 1. The van der Waals surface area contributed by atoms with Crippen molar-refractivity contribution in [3.05, 3.63) is 94.2 Å². The molecule has 2 aromatic carbocycles. The first-order chi connectivity index (χ1) is 18.3. The number of aliphatic imine (C=N–C) groups is 1. The lowest BCUT2D eigenvalue weighted by Crippen LogP contribution is -2.47. The van der Waals surface area contributed by atoms with Gasteiger partial charge in [-0.25, -0.2) is 0 Å². The number of hydrogen-bond acceptors (Lipinski definition) is 5. The molecular formula is C33H31N3OS. The number of amidine groups is 1. The van der Waals surface area contributed by atoms with E-state index in [0.717, 1.165) is 40.8 Å². The number of rotatable bonds is 5.